The number of benzene rings is 1. The average Bonchev–Trinajstić information content (AvgIpc) is 2.30. The summed E-state index contributed by atoms with van der Waals surface area (Å²) in [5.74, 6) is 0.122. The van der Waals surface area contributed by atoms with E-state index in [1.165, 1.54) is 16.7 Å². The van der Waals surface area contributed by atoms with Crippen LogP contribution in [0, 0.1) is 13.8 Å². The first-order valence-electron chi connectivity index (χ1n) is 6.04. The second-order valence-corrected chi connectivity index (χ2v) is 4.52. The fourth-order valence-electron chi connectivity index (χ4n) is 1.69. The molecule has 1 aromatic rings. The summed E-state index contributed by atoms with van der Waals surface area (Å²) in [6.07, 6.45) is 1.33. The van der Waals surface area contributed by atoms with Crippen LogP contribution in [0.2, 0.25) is 0 Å². The molecule has 0 spiro atoms. The molecule has 0 atom stereocenters. The molecule has 0 aliphatic carbocycles. The number of nitrogens with zero attached hydrogens (tertiary/aromatic N) is 1. The van der Waals surface area contributed by atoms with Crippen molar-refractivity contribution in [3.8, 4) is 0 Å². The highest BCUT2D eigenvalue weighted by Crippen LogP contribution is 2.10. The number of likely N-dealkylation sites (N-methyl/N-ethyl adjacent to an activating group) is 1. The molecule has 0 unspecified atom stereocenters. The van der Waals surface area contributed by atoms with Crippen molar-refractivity contribution in [3.63, 3.8) is 0 Å². The Labute approximate surface area is 104 Å². The van der Waals surface area contributed by atoms with Crippen LogP contribution < -0.4 is 5.73 Å². The second-order valence-electron chi connectivity index (χ2n) is 4.52. The van der Waals surface area contributed by atoms with Gasteiger partial charge in [-0.2, -0.15) is 0 Å². The Morgan fingerprint density at radius 1 is 1.29 bits per heavy atom. The van der Waals surface area contributed by atoms with Crippen molar-refractivity contribution in [2.45, 2.75) is 26.7 Å². The summed E-state index contributed by atoms with van der Waals surface area (Å²) >= 11 is 0. The van der Waals surface area contributed by atoms with E-state index in [1.54, 1.807) is 4.90 Å². The topological polar surface area (TPSA) is 46.3 Å². The molecule has 3 nitrogen and oxygen atoms in total. The predicted octanol–water partition coefficient (Wildman–Crippen LogP) is 1.65. The van der Waals surface area contributed by atoms with Crippen molar-refractivity contribution < 1.29 is 4.79 Å². The number of carbonyl (C=O) groups excluding carboxylic acids is 1. The lowest BCUT2D eigenvalue weighted by molar-refractivity contribution is -0.129. The fourth-order valence-corrected chi connectivity index (χ4v) is 1.69. The van der Waals surface area contributed by atoms with Crippen molar-refractivity contribution in [1.82, 2.24) is 4.90 Å². The standard InChI is InChI=1S/C14H22N2O/c1-11-4-5-13(10-12(11)2)7-9-16(3)14(17)6-8-15/h4-5,10H,6-9,15H2,1-3H3. The molecule has 3 heteroatoms. The summed E-state index contributed by atoms with van der Waals surface area (Å²) in [7, 11) is 1.83. The summed E-state index contributed by atoms with van der Waals surface area (Å²) in [4.78, 5) is 13.3. The highest BCUT2D eigenvalue weighted by atomic mass is 16.2. The Morgan fingerprint density at radius 3 is 2.59 bits per heavy atom. The maximum absolute atomic E-state index is 11.5. The minimum atomic E-state index is 0.122. The molecule has 0 aliphatic rings. The van der Waals surface area contributed by atoms with Crippen molar-refractivity contribution in [3.05, 3.63) is 34.9 Å². The van der Waals surface area contributed by atoms with E-state index >= 15 is 0 Å². The van der Waals surface area contributed by atoms with Gasteiger partial charge in [0.1, 0.15) is 0 Å². The molecule has 1 rings (SSSR count). The molecule has 0 aliphatic heterocycles. The largest absolute Gasteiger partial charge is 0.345 e. The van der Waals surface area contributed by atoms with Crippen LogP contribution in [0.1, 0.15) is 23.1 Å². The number of carbonyl (C=O) groups is 1. The molecule has 0 bridgehead atoms. The van der Waals surface area contributed by atoms with E-state index in [9.17, 15) is 4.79 Å². The Kier molecular flexibility index (Phi) is 5.16. The lowest BCUT2D eigenvalue weighted by Gasteiger charge is -2.17. The normalized spacial score (nSPS) is 10.4. The molecule has 0 aromatic heterocycles. The Morgan fingerprint density at radius 2 is 2.00 bits per heavy atom. The summed E-state index contributed by atoms with van der Waals surface area (Å²) in [5, 5.41) is 0. The first-order chi connectivity index (χ1) is 8.04. The smallest absolute Gasteiger partial charge is 0.223 e. The number of rotatable bonds is 5. The molecule has 1 aromatic carbocycles. The van der Waals surface area contributed by atoms with Gasteiger partial charge in [0, 0.05) is 26.6 Å². The molecular weight excluding hydrogens is 212 g/mol. The zero-order valence-corrected chi connectivity index (χ0v) is 11.0. The maximum Gasteiger partial charge on any atom is 0.223 e. The lowest BCUT2D eigenvalue weighted by atomic mass is 10.0. The van der Waals surface area contributed by atoms with Crippen LogP contribution in [-0.4, -0.2) is 30.9 Å². The van der Waals surface area contributed by atoms with Gasteiger partial charge in [0.15, 0.2) is 0 Å². The van der Waals surface area contributed by atoms with E-state index in [0.29, 0.717) is 13.0 Å². The van der Waals surface area contributed by atoms with E-state index in [1.807, 2.05) is 7.05 Å². The Hall–Kier alpha value is -1.35. The van der Waals surface area contributed by atoms with Gasteiger partial charge in [-0.15, -0.1) is 0 Å². The van der Waals surface area contributed by atoms with Crippen molar-refractivity contribution in [1.29, 1.82) is 0 Å². The lowest BCUT2D eigenvalue weighted by Crippen LogP contribution is -2.30. The summed E-state index contributed by atoms with van der Waals surface area (Å²) in [6.45, 7) is 5.40. The van der Waals surface area contributed by atoms with Gasteiger partial charge in [-0.3, -0.25) is 4.79 Å². The monoisotopic (exact) mass is 234 g/mol. The van der Waals surface area contributed by atoms with Gasteiger partial charge in [-0.25, -0.2) is 0 Å². The number of amides is 1. The highest BCUT2D eigenvalue weighted by Gasteiger charge is 2.07. The molecule has 0 heterocycles. The van der Waals surface area contributed by atoms with E-state index in [2.05, 4.69) is 32.0 Å². The van der Waals surface area contributed by atoms with Crippen LogP contribution >= 0.6 is 0 Å². The molecule has 0 saturated carbocycles. The van der Waals surface area contributed by atoms with Gasteiger partial charge in [0.05, 0.1) is 0 Å². The Bertz CT molecular complexity index is 388. The third-order valence-electron chi connectivity index (χ3n) is 3.09. The fraction of sp³-hybridized carbons (Fsp3) is 0.500. The first kappa shape index (κ1) is 13.7. The number of hydrogen-bond donors (Lipinski definition) is 1. The molecule has 1 amide bonds. The van der Waals surface area contributed by atoms with Crippen molar-refractivity contribution >= 4 is 5.91 Å². The minimum Gasteiger partial charge on any atom is -0.345 e. The van der Waals surface area contributed by atoms with Crippen LogP contribution in [0.5, 0.6) is 0 Å². The number of nitrogens with two attached hydrogens (primary N) is 1. The van der Waals surface area contributed by atoms with Gasteiger partial charge < -0.3 is 10.6 Å². The molecule has 94 valence electrons. The quantitative estimate of drug-likeness (QED) is 0.842. The Balaban J connectivity index is 2.50. The zero-order chi connectivity index (χ0) is 12.8. The van der Waals surface area contributed by atoms with Crippen molar-refractivity contribution in [2.75, 3.05) is 20.1 Å². The van der Waals surface area contributed by atoms with Crippen LogP contribution in [0.4, 0.5) is 0 Å². The highest BCUT2D eigenvalue weighted by molar-refractivity contribution is 5.76. The maximum atomic E-state index is 11.5. The van der Waals surface area contributed by atoms with E-state index in [4.69, 9.17) is 5.73 Å². The third-order valence-corrected chi connectivity index (χ3v) is 3.09. The average molecular weight is 234 g/mol. The SMILES string of the molecule is Cc1ccc(CCN(C)C(=O)CCN)cc1C. The number of hydrogen-bond acceptors (Lipinski definition) is 2. The van der Waals surface area contributed by atoms with Gasteiger partial charge in [-0.05, 0) is 37.0 Å². The third kappa shape index (κ3) is 4.19. The van der Waals surface area contributed by atoms with Gasteiger partial charge in [0.25, 0.3) is 0 Å². The first-order valence-corrected chi connectivity index (χ1v) is 6.04. The zero-order valence-electron chi connectivity index (χ0n) is 11.0. The van der Waals surface area contributed by atoms with Gasteiger partial charge in [0.2, 0.25) is 5.91 Å². The van der Waals surface area contributed by atoms with Crippen LogP contribution in [0.3, 0.4) is 0 Å². The molecule has 17 heavy (non-hydrogen) atoms. The summed E-state index contributed by atoms with van der Waals surface area (Å²) < 4.78 is 0. The van der Waals surface area contributed by atoms with E-state index < -0.39 is 0 Å². The summed E-state index contributed by atoms with van der Waals surface area (Å²) in [5.41, 5.74) is 9.25. The van der Waals surface area contributed by atoms with Crippen LogP contribution in [0.25, 0.3) is 0 Å². The van der Waals surface area contributed by atoms with Gasteiger partial charge in [-0.1, -0.05) is 18.2 Å². The van der Waals surface area contributed by atoms with E-state index in [-0.39, 0.29) is 5.91 Å². The summed E-state index contributed by atoms with van der Waals surface area (Å²) in [6, 6.07) is 6.45. The second kappa shape index (κ2) is 6.40. The number of aryl methyl sites for hydroxylation is 2. The van der Waals surface area contributed by atoms with E-state index in [0.717, 1.165) is 13.0 Å². The van der Waals surface area contributed by atoms with Crippen LogP contribution in [0.15, 0.2) is 18.2 Å². The predicted molar refractivity (Wildman–Crippen MR) is 70.9 cm³/mol. The molecule has 0 saturated heterocycles. The molecular formula is C14H22N2O. The molecule has 0 radical (unpaired) electrons. The van der Waals surface area contributed by atoms with Crippen molar-refractivity contribution in [2.24, 2.45) is 5.73 Å². The minimum absolute atomic E-state index is 0.122. The van der Waals surface area contributed by atoms with Gasteiger partial charge >= 0.3 is 0 Å². The molecule has 2 N–H and O–H groups in total. The molecule has 0 fully saturated rings. The van der Waals surface area contributed by atoms with Crippen LogP contribution in [-0.2, 0) is 11.2 Å².